The molecule has 13 heavy (non-hydrogen) atoms. The predicted octanol–water partition coefficient (Wildman–Crippen LogP) is 2.54. The molecule has 0 aromatic rings. The molecule has 0 spiro atoms. The summed E-state index contributed by atoms with van der Waals surface area (Å²) in [6.45, 7) is 5.68. The monoisotopic (exact) mass is 184 g/mol. The molecule has 2 atom stereocenters. The van der Waals surface area contributed by atoms with E-state index >= 15 is 0 Å². The zero-order chi connectivity index (χ0) is 9.52. The molecule has 0 fully saturated rings. The molecule has 1 aliphatic rings. The first-order valence-electron chi connectivity index (χ1n) is 5.28. The first-order chi connectivity index (χ1) is 6.36. The minimum atomic E-state index is 0.315. The van der Waals surface area contributed by atoms with Gasteiger partial charge in [0.15, 0.2) is 0 Å². The summed E-state index contributed by atoms with van der Waals surface area (Å²) in [5.74, 6) is 0. The predicted molar refractivity (Wildman–Crippen MR) is 53.8 cm³/mol. The highest BCUT2D eigenvalue weighted by atomic mass is 16.5. The van der Waals surface area contributed by atoms with Gasteiger partial charge in [-0.2, -0.15) is 0 Å². The van der Waals surface area contributed by atoms with Gasteiger partial charge in [-0.1, -0.05) is 12.2 Å². The summed E-state index contributed by atoms with van der Waals surface area (Å²) in [6.07, 6.45) is 8.39. The average molecular weight is 184 g/mol. The quantitative estimate of drug-likeness (QED) is 0.625. The second-order valence-corrected chi connectivity index (χ2v) is 3.30. The van der Waals surface area contributed by atoms with Crippen molar-refractivity contribution in [2.75, 3.05) is 13.2 Å². The largest absolute Gasteiger partial charge is 0.374 e. The molecule has 0 aliphatic heterocycles. The Kier molecular flexibility index (Phi) is 5.09. The van der Waals surface area contributed by atoms with Crippen LogP contribution in [0.3, 0.4) is 0 Å². The first-order valence-corrected chi connectivity index (χ1v) is 5.28. The average Bonchev–Trinajstić information content (AvgIpc) is 2.33. The summed E-state index contributed by atoms with van der Waals surface area (Å²) in [6, 6.07) is 0. The fourth-order valence-corrected chi connectivity index (χ4v) is 1.67. The lowest BCUT2D eigenvalue weighted by Gasteiger charge is -2.09. The number of hydrogen-bond acceptors (Lipinski definition) is 2. The lowest BCUT2D eigenvalue weighted by atomic mass is 10.2. The molecule has 0 N–H and O–H groups in total. The highest BCUT2D eigenvalue weighted by molar-refractivity contribution is 4.97. The van der Waals surface area contributed by atoms with Crippen molar-refractivity contribution in [3.63, 3.8) is 0 Å². The molecular weight excluding hydrogens is 164 g/mol. The van der Waals surface area contributed by atoms with Crippen LogP contribution >= 0.6 is 0 Å². The van der Waals surface area contributed by atoms with Crippen molar-refractivity contribution in [2.24, 2.45) is 0 Å². The van der Waals surface area contributed by atoms with Crippen molar-refractivity contribution >= 4 is 0 Å². The maximum atomic E-state index is 5.55. The van der Waals surface area contributed by atoms with Crippen molar-refractivity contribution in [1.82, 2.24) is 0 Å². The van der Waals surface area contributed by atoms with E-state index in [2.05, 4.69) is 12.2 Å². The van der Waals surface area contributed by atoms with Crippen LogP contribution in [0.2, 0.25) is 0 Å². The van der Waals surface area contributed by atoms with Crippen LogP contribution in [0.1, 0.15) is 33.1 Å². The standard InChI is InChI=1S/C11H20O2/c1-3-12-10-6-5-7-11(9-8-10)13-4-2/h8-11H,3-7H2,1-2H3/t10-,11-/m0/s1. The molecule has 0 aromatic carbocycles. The van der Waals surface area contributed by atoms with Gasteiger partial charge in [-0.15, -0.1) is 0 Å². The number of rotatable bonds is 4. The maximum Gasteiger partial charge on any atom is 0.0756 e. The molecule has 0 saturated heterocycles. The Morgan fingerprint density at radius 1 is 1.00 bits per heavy atom. The zero-order valence-corrected chi connectivity index (χ0v) is 8.66. The Labute approximate surface area is 80.9 Å². The topological polar surface area (TPSA) is 18.5 Å². The van der Waals surface area contributed by atoms with Gasteiger partial charge in [0, 0.05) is 13.2 Å². The molecule has 1 aliphatic carbocycles. The van der Waals surface area contributed by atoms with Crippen molar-refractivity contribution < 1.29 is 9.47 Å². The van der Waals surface area contributed by atoms with E-state index in [0.717, 1.165) is 26.1 Å². The maximum absolute atomic E-state index is 5.55. The van der Waals surface area contributed by atoms with Gasteiger partial charge in [-0.25, -0.2) is 0 Å². The Bertz CT molecular complexity index is 138. The van der Waals surface area contributed by atoms with E-state index in [4.69, 9.17) is 9.47 Å². The van der Waals surface area contributed by atoms with Gasteiger partial charge >= 0.3 is 0 Å². The summed E-state index contributed by atoms with van der Waals surface area (Å²) in [5.41, 5.74) is 0. The normalized spacial score (nSPS) is 28.8. The van der Waals surface area contributed by atoms with Crippen LogP contribution in [-0.4, -0.2) is 25.4 Å². The van der Waals surface area contributed by atoms with Crippen LogP contribution < -0.4 is 0 Å². The van der Waals surface area contributed by atoms with E-state index in [1.165, 1.54) is 6.42 Å². The van der Waals surface area contributed by atoms with E-state index in [-0.39, 0.29) is 0 Å². The molecule has 0 bridgehead atoms. The van der Waals surface area contributed by atoms with Gasteiger partial charge in [0.2, 0.25) is 0 Å². The van der Waals surface area contributed by atoms with Crippen molar-refractivity contribution in [2.45, 2.75) is 45.3 Å². The zero-order valence-electron chi connectivity index (χ0n) is 8.66. The van der Waals surface area contributed by atoms with Crippen LogP contribution in [0.5, 0.6) is 0 Å². The molecule has 2 heteroatoms. The van der Waals surface area contributed by atoms with E-state index in [0.29, 0.717) is 12.2 Å². The smallest absolute Gasteiger partial charge is 0.0756 e. The van der Waals surface area contributed by atoms with Crippen LogP contribution in [0.15, 0.2) is 12.2 Å². The molecule has 0 unspecified atom stereocenters. The molecule has 2 nitrogen and oxygen atoms in total. The van der Waals surface area contributed by atoms with Gasteiger partial charge in [0.1, 0.15) is 0 Å². The highest BCUT2D eigenvalue weighted by Gasteiger charge is 2.12. The van der Waals surface area contributed by atoms with Crippen molar-refractivity contribution in [1.29, 1.82) is 0 Å². The minimum absolute atomic E-state index is 0.315. The highest BCUT2D eigenvalue weighted by Crippen LogP contribution is 2.16. The Morgan fingerprint density at radius 3 is 1.85 bits per heavy atom. The number of hydrogen-bond donors (Lipinski definition) is 0. The third kappa shape index (κ3) is 3.92. The summed E-state index contributed by atoms with van der Waals surface area (Å²) in [7, 11) is 0. The van der Waals surface area contributed by atoms with E-state index in [9.17, 15) is 0 Å². The van der Waals surface area contributed by atoms with Gasteiger partial charge in [-0.05, 0) is 33.1 Å². The number of ether oxygens (including phenoxy) is 2. The van der Waals surface area contributed by atoms with Crippen LogP contribution in [0, 0.1) is 0 Å². The molecule has 76 valence electrons. The Balaban J connectivity index is 2.35. The van der Waals surface area contributed by atoms with E-state index in [1.54, 1.807) is 0 Å². The third-order valence-electron chi connectivity index (χ3n) is 2.28. The van der Waals surface area contributed by atoms with Crippen LogP contribution in [0.4, 0.5) is 0 Å². The lowest BCUT2D eigenvalue weighted by molar-refractivity contribution is 0.0821. The van der Waals surface area contributed by atoms with E-state index in [1.807, 2.05) is 13.8 Å². The van der Waals surface area contributed by atoms with Crippen molar-refractivity contribution in [3.8, 4) is 0 Å². The van der Waals surface area contributed by atoms with Gasteiger partial charge in [-0.3, -0.25) is 0 Å². The fourth-order valence-electron chi connectivity index (χ4n) is 1.67. The molecular formula is C11H20O2. The summed E-state index contributed by atoms with van der Waals surface area (Å²) < 4.78 is 11.1. The minimum Gasteiger partial charge on any atom is -0.374 e. The summed E-state index contributed by atoms with van der Waals surface area (Å²) in [5, 5.41) is 0. The van der Waals surface area contributed by atoms with Gasteiger partial charge in [0.25, 0.3) is 0 Å². The van der Waals surface area contributed by atoms with Crippen LogP contribution in [0.25, 0.3) is 0 Å². The lowest BCUT2D eigenvalue weighted by Crippen LogP contribution is -2.08. The second kappa shape index (κ2) is 6.17. The third-order valence-corrected chi connectivity index (χ3v) is 2.28. The fraction of sp³-hybridized carbons (Fsp3) is 0.818. The molecule has 0 aromatic heterocycles. The molecule has 0 saturated carbocycles. The second-order valence-electron chi connectivity index (χ2n) is 3.30. The molecule has 1 rings (SSSR count). The SMILES string of the molecule is CCO[C@@H]1C=C[C@@H](OCC)CCC1. The molecule has 0 amide bonds. The Morgan fingerprint density at radius 2 is 1.46 bits per heavy atom. The summed E-state index contributed by atoms with van der Waals surface area (Å²) in [4.78, 5) is 0. The van der Waals surface area contributed by atoms with Gasteiger partial charge in [0.05, 0.1) is 12.2 Å². The van der Waals surface area contributed by atoms with E-state index < -0.39 is 0 Å². The van der Waals surface area contributed by atoms with Crippen LogP contribution in [-0.2, 0) is 9.47 Å². The first kappa shape index (κ1) is 10.7. The Hall–Kier alpha value is -0.340. The molecule has 0 radical (unpaired) electrons. The molecule has 0 heterocycles. The summed E-state index contributed by atoms with van der Waals surface area (Å²) >= 11 is 0. The van der Waals surface area contributed by atoms with Gasteiger partial charge < -0.3 is 9.47 Å². The van der Waals surface area contributed by atoms with Crippen molar-refractivity contribution in [3.05, 3.63) is 12.2 Å².